The van der Waals surface area contributed by atoms with E-state index in [1.165, 1.54) is 29.8 Å². The SMILES string of the molecule is C[C@@H]1CCc2sc3c(c2C1)C1NCNN1c1nncn1-3. The zero-order valence-electron chi connectivity index (χ0n) is 11.3. The zero-order valence-corrected chi connectivity index (χ0v) is 12.1. The van der Waals surface area contributed by atoms with Gasteiger partial charge in [0.1, 0.15) is 17.5 Å². The summed E-state index contributed by atoms with van der Waals surface area (Å²) in [4.78, 5) is 1.56. The van der Waals surface area contributed by atoms with Gasteiger partial charge in [-0.2, -0.15) is 0 Å². The van der Waals surface area contributed by atoms with E-state index in [1.807, 2.05) is 17.7 Å². The highest BCUT2D eigenvalue weighted by molar-refractivity contribution is 7.15. The molecule has 1 aliphatic carbocycles. The molecule has 4 heterocycles. The van der Waals surface area contributed by atoms with Crippen molar-refractivity contribution in [2.24, 2.45) is 5.92 Å². The molecular formula is C13H16N6S. The molecule has 7 heteroatoms. The quantitative estimate of drug-likeness (QED) is 0.766. The smallest absolute Gasteiger partial charge is 0.248 e. The average molecular weight is 288 g/mol. The highest BCUT2D eigenvalue weighted by atomic mass is 32.1. The normalized spacial score (nSPS) is 26.9. The number of aromatic nitrogens is 3. The third-order valence-electron chi connectivity index (χ3n) is 4.57. The van der Waals surface area contributed by atoms with Crippen LogP contribution < -0.4 is 15.8 Å². The average Bonchev–Trinajstić information content (AvgIpc) is 3.14. The number of hydrogen-bond acceptors (Lipinski definition) is 6. The van der Waals surface area contributed by atoms with Crippen molar-refractivity contribution in [2.45, 2.75) is 32.4 Å². The molecule has 0 aromatic carbocycles. The van der Waals surface area contributed by atoms with Crippen LogP contribution in [0.3, 0.4) is 0 Å². The molecule has 1 saturated heterocycles. The molecule has 104 valence electrons. The third-order valence-corrected chi connectivity index (χ3v) is 5.88. The Morgan fingerprint density at radius 1 is 1.45 bits per heavy atom. The van der Waals surface area contributed by atoms with Crippen LogP contribution in [0.15, 0.2) is 6.33 Å². The van der Waals surface area contributed by atoms with Crippen LogP contribution in [-0.2, 0) is 12.8 Å². The summed E-state index contributed by atoms with van der Waals surface area (Å²) < 4.78 is 2.12. The molecule has 3 aliphatic rings. The van der Waals surface area contributed by atoms with Gasteiger partial charge < -0.3 is 0 Å². The Balaban J connectivity index is 1.78. The van der Waals surface area contributed by atoms with Gasteiger partial charge in [0.15, 0.2) is 0 Å². The van der Waals surface area contributed by atoms with Crippen molar-refractivity contribution in [3.8, 4) is 5.00 Å². The van der Waals surface area contributed by atoms with Gasteiger partial charge in [-0.1, -0.05) is 6.92 Å². The topological polar surface area (TPSA) is 58.0 Å². The molecule has 1 unspecified atom stereocenters. The summed E-state index contributed by atoms with van der Waals surface area (Å²) in [7, 11) is 0. The predicted octanol–water partition coefficient (Wildman–Crippen LogP) is 1.34. The number of nitrogens with zero attached hydrogens (tertiary/aromatic N) is 4. The molecule has 0 radical (unpaired) electrons. The van der Waals surface area contributed by atoms with Crippen LogP contribution in [0.2, 0.25) is 0 Å². The maximum atomic E-state index is 4.26. The van der Waals surface area contributed by atoms with Crippen LogP contribution in [0.25, 0.3) is 5.00 Å². The van der Waals surface area contributed by atoms with Crippen molar-refractivity contribution < 1.29 is 0 Å². The highest BCUT2D eigenvalue weighted by Crippen LogP contribution is 2.46. The van der Waals surface area contributed by atoms with Gasteiger partial charge in [0.2, 0.25) is 5.95 Å². The highest BCUT2D eigenvalue weighted by Gasteiger charge is 2.40. The van der Waals surface area contributed by atoms with E-state index in [9.17, 15) is 0 Å². The van der Waals surface area contributed by atoms with Crippen LogP contribution in [0.4, 0.5) is 5.95 Å². The van der Waals surface area contributed by atoms with Crippen LogP contribution in [0, 0.1) is 5.92 Å². The number of hydrogen-bond donors (Lipinski definition) is 2. The Kier molecular flexibility index (Phi) is 2.14. The molecule has 1 fully saturated rings. The molecule has 0 bridgehead atoms. The first-order chi connectivity index (χ1) is 9.83. The Bertz CT molecular complexity index is 689. The van der Waals surface area contributed by atoms with E-state index in [1.54, 1.807) is 10.4 Å². The summed E-state index contributed by atoms with van der Waals surface area (Å²) >= 11 is 1.92. The lowest BCUT2D eigenvalue weighted by Crippen LogP contribution is -2.39. The molecule has 2 atom stereocenters. The number of anilines is 1. The van der Waals surface area contributed by atoms with E-state index >= 15 is 0 Å². The summed E-state index contributed by atoms with van der Waals surface area (Å²) in [6.07, 6.45) is 5.75. The molecular weight excluding hydrogens is 272 g/mol. The molecule has 2 aromatic heterocycles. The summed E-state index contributed by atoms with van der Waals surface area (Å²) in [6.45, 7) is 3.13. The molecule has 0 spiro atoms. The Morgan fingerprint density at radius 3 is 3.35 bits per heavy atom. The standard InChI is InChI=1S/C13H16N6S/c1-7-2-3-9-8(4-7)10-11-14-5-16-19(11)13-17-15-6-18(13)12(10)20-9/h6-7,11,14,16H,2-5H2,1H3/t7-,11?/m1/s1. The molecule has 2 N–H and O–H groups in total. The molecule has 0 saturated carbocycles. The van der Waals surface area contributed by atoms with E-state index in [4.69, 9.17) is 0 Å². The van der Waals surface area contributed by atoms with Crippen molar-refractivity contribution in [1.82, 2.24) is 25.5 Å². The van der Waals surface area contributed by atoms with Gasteiger partial charge in [-0.15, -0.1) is 21.5 Å². The molecule has 6 nitrogen and oxygen atoms in total. The van der Waals surface area contributed by atoms with Crippen LogP contribution in [-0.4, -0.2) is 21.4 Å². The lowest BCUT2D eigenvalue weighted by atomic mass is 9.87. The van der Waals surface area contributed by atoms with Gasteiger partial charge >= 0.3 is 0 Å². The monoisotopic (exact) mass is 288 g/mol. The van der Waals surface area contributed by atoms with Gasteiger partial charge in [0, 0.05) is 10.4 Å². The van der Waals surface area contributed by atoms with Crippen LogP contribution in [0.1, 0.15) is 35.5 Å². The lowest BCUT2D eigenvalue weighted by Gasteiger charge is -2.31. The molecule has 2 aliphatic heterocycles. The Labute approximate surface area is 120 Å². The summed E-state index contributed by atoms with van der Waals surface area (Å²) in [5, 5.41) is 15.3. The van der Waals surface area contributed by atoms with Crippen LogP contribution in [0.5, 0.6) is 0 Å². The fraction of sp³-hybridized carbons (Fsp3) is 0.538. The number of thiophene rings is 1. The first-order valence-electron chi connectivity index (χ1n) is 7.14. The maximum Gasteiger partial charge on any atom is 0.248 e. The van der Waals surface area contributed by atoms with Crippen molar-refractivity contribution in [1.29, 1.82) is 0 Å². The van der Waals surface area contributed by atoms with Crippen molar-refractivity contribution in [3.63, 3.8) is 0 Å². The zero-order chi connectivity index (χ0) is 13.3. The van der Waals surface area contributed by atoms with E-state index in [0.29, 0.717) is 0 Å². The van der Waals surface area contributed by atoms with Crippen molar-refractivity contribution >= 4 is 17.3 Å². The molecule has 2 aromatic rings. The fourth-order valence-electron chi connectivity index (χ4n) is 3.59. The molecule has 5 rings (SSSR count). The number of rotatable bonds is 0. The van der Waals surface area contributed by atoms with Gasteiger partial charge in [-0.3, -0.25) is 14.9 Å². The van der Waals surface area contributed by atoms with Gasteiger partial charge in [0.25, 0.3) is 0 Å². The number of aryl methyl sites for hydroxylation is 1. The lowest BCUT2D eigenvalue weighted by molar-refractivity contribution is 0.495. The minimum absolute atomic E-state index is 0.201. The molecule has 20 heavy (non-hydrogen) atoms. The second kappa shape index (κ2) is 3.81. The third kappa shape index (κ3) is 1.30. The van der Waals surface area contributed by atoms with E-state index in [2.05, 4.69) is 37.4 Å². The largest absolute Gasteiger partial charge is 0.278 e. The molecule has 0 amide bonds. The Hall–Kier alpha value is -1.44. The first-order valence-corrected chi connectivity index (χ1v) is 7.95. The number of fused-ring (bicyclic) bond motifs is 8. The first kappa shape index (κ1) is 11.2. The van der Waals surface area contributed by atoms with Gasteiger partial charge in [-0.25, -0.2) is 5.43 Å². The number of hydrazine groups is 1. The van der Waals surface area contributed by atoms with Gasteiger partial charge in [0.05, 0.1) is 6.67 Å². The fourth-order valence-corrected chi connectivity index (χ4v) is 4.93. The predicted molar refractivity (Wildman–Crippen MR) is 76.8 cm³/mol. The van der Waals surface area contributed by atoms with Crippen molar-refractivity contribution in [2.75, 3.05) is 11.7 Å². The second-order valence-corrected chi connectivity index (χ2v) is 6.97. The van der Waals surface area contributed by atoms with Crippen LogP contribution >= 0.6 is 11.3 Å². The number of nitrogens with one attached hydrogen (secondary N) is 2. The van der Waals surface area contributed by atoms with E-state index in [-0.39, 0.29) is 6.17 Å². The summed E-state index contributed by atoms with van der Waals surface area (Å²) in [5.41, 5.74) is 6.36. The minimum Gasteiger partial charge on any atom is -0.278 e. The summed E-state index contributed by atoms with van der Waals surface area (Å²) in [6, 6.07) is 0. The van der Waals surface area contributed by atoms with Gasteiger partial charge in [-0.05, 0) is 30.7 Å². The minimum atomic E-state index is 0.201. The Morgan fingerprint density at radius 2 is 2.40 bits per heavy atom. The maximum absolute atomic E-state index is 4.26. The van der Waals surface area contributed by atoms with E-state index in [0.717, 1.165) is 18.5 Å². The second-order valence-electron chi connectivity index (χ2n) is 5.88. The van der Waals surface area contributed by atoms with E-state index < -0.39 is 0 Å². The summed E-state index contributed by atoms with van der Waals surface area (Å²) in [5.74, 6) is 1.67. The van der Waals surface area contributed by atoms with Crippen molar-refractivity contribution in [3.05, 3.63) is 22.3 Å².